The van der Waals surface area contributed by atoms with Crippen LogP contribution in [0.4, 0.5) is 10.8 Å². The molecule has 6 nitrogen and oxygen atoms in total. The van der Waals surface area contributed by atoms with E-state index >= 15 is 0 Å². The molecular formula is C29H27N3O3S. The van der Waals surface area contributed by atoms with E-state index in [1.165, 1.54) is 16.2 Å². The van der Waals surface area contributed by atoms with Gasteiger partial charge in [-0.05, 0) is 55.7 Å². The standard InChI is InChI=1S/C29H27N3O3S/c1-16-6-8-20(9-7-16)26(33)23-25(19-10-12-21(13-11-19)31(4)5)32(28(35)27(23)34)29-30-24-18(3)14-17(2)15-22(24)36-29/h6-15,25,33H,1-5H3. The van der Waals surface area contributed by atoms with Crippen LogP contribution in [0.25, 0.3) is 16.0 Å². The minimum atomic E-state index is -0.801. The van der Waals surface area contributed by atoms with Crippen molar-refractivity contribution in [3.05, 3.63) is 94.1 Å². The lowest BCUT2D eigenvalue weighted by Crippen LogP contribution is -2.29. The van der Waals surface area contributed by atoms with Gasteiger partial charge in [0.1, 0.15) is 5.76 Å². The van der Waals surface area contributed by atoms with Gasteiger partial charge in [-0.25, -0.2) is 4.98 Å². The van der Waals surface area contributed by atoms with Crippen molar-refractivity contribution in [2.24, 2.45) is 0 Å². The second-order valence-electron chi connectivity index (χ2n) is 9.45. The highest BCUT2D eigenvalue weighted by atomic mass is 32.1. The monoisotopic (exact) mass is 497 g/mol. The van der Waals surface area contributed by atoms with E-state index in [1.54, 1.807) is 12.1 Å². The molecule has 1 atom stereocenters. The number of carbonyl (C=O) groups is 2. The first-order valence-corrected chi connectivity index (χ1v) is 12.5. The third-order valence-corrected chi connectivity index (χ3v) is 7.52. The average molecular weight is 498 g/mol. The second kappa shape index (κ2) is 8.91. The number of amides is 1. The van der Waals surface area contributed by atoms with Gasteiger partial charge in [0.05, 0.1) is 21.8 Å². The number of benzene rings is 3. The average Bonchev–Trinajstić information content (AvgIpc) is 3.38. The van der Waals surface area contributed by atoms with Crippen molar-refractivity contribution < 1.29 is 14.7 Å². The van der Waals surface area contributed by atoms with Crippen LogP contribution < -0.4 is 9.80 Å². The molecule has 4 aromatic rings. The molecule has 7 heteroatoms. The number of carbonyl (C=O) groups excluding carboxylic acids is 2. The predicted molar refractivity (Wildman–Crippen MR) is 146 cm³/mol. The van der Waals surface area contributed by atoms with Crippen molar-refractivity contribution >= 4 is 49.8 Å². The van der Waals surface area contributed by atoms with Crippen LogP contribution in [-0.4, -0.2) is 35.9 Å². The van der Waals surface area contributed by atoms with Crippen LogP contribution in [0.3, 0.4) is 0 Å². The molecule has 0 spiro atoms. The number of nitrogens with zero attached hydrogens (tertiary/aromatic N) is 3. The second-order valence-corrected chi connectivity index (χ2v) is 10.5. The van der Waals surface area contributed by atoms with Crippen molar-refractivity contribution in [2.75, 3.05) is 23.9 Å². The molecule has 182 valence electrons. The summed E-state index contributed by atoms with van der Waals surface area (Å²) in [5.74, 6) is -1.61. The molecule has 1 N–H and O–H groups in total. The van der Waals surface area contributed by atoms with Gasteiger partial charge in [0, 0.05) is 25.3 Å². The van der Waals surface area contributed by atoms with Gasteiger partial charge in [0.25, 0.3) is 5.78 Å². The van der Waals surface area contributed by atoms with E-state index in [0.29, 0.717) is 10.7 Å². The number of hydrogen-bond donors (Lipinski definition) is 1. The van der Waals surface area contributed by atoms with Crippen molar-refractivity contribution in [1.82, 2.24) is 4.98 Å². The molecule has 1 aromatic heterocycles. The molecule has 36 heavy (non-hydrogen) atoms. The third kappa shape index (κ3) is 3.95. The molecule has 3 aromatic carbocycles. The number of aromatic nitrogens is 1. The first kappa shape index (κ1) is 23.8. The molecule has 0 aliphatic carbocycles. The van der Waals surface area contributed by atoms with Crippen LogP contribution in [0.1, 0.15) is 33.9 Å². The summed E-state index contributed by atoms with van der Waals surface area (Å²) in [4.78, 5) is 35.1. The van der Waals surface area contributed by atoms with Crippen molar-refractivity contribution in [1.29, 1.82) is 0 Å². The zero-order valence-electron chi connectivity index (χ0n) is 20.9. The Morgan fingerprint density at radius 2 is 1.61 bits per heavy atom. The Balaban J connectivity index is 1.73. The molecule has 0 bridgehead atoms. The SMILES string of the molecule is Cc1ccc(C(O)=C2C(=O)C(=O)N(c3nc4c(C)cc(C)cc4s3)C2c2ccc(N(C)C)cc2)cc1. The molecule has 1 aliphatic rings. The maximum absolute atomic E-state index is 13.5. The Kier molecular flexibility index (Phi) is 5.88. The molecular weight excluding hydrogens is 470 g/mol. The summed E-state index contributed by atoms with van der Waals surface area (Å²) in [6.07, 6.45) is 0. The fourth-order valence-corrected chi connectivity index (χ4v) is 5.80. The highest BCUT2D eigenvalue weighted by Gasteiger charge is 2.48. The van der Waals surface area contributed by atoms with E-state index < -0.39 is 17.7 Å². The Morgan fingerprint density at radius 1 is 0.944 bits per heavy atom. The maximum atomic E-state index is 13.5. The lowest BCUT2D eigenvalue weighted by molar-refractivity contribution is -0.132. The fraction of sp³-hybridized carbons (Fsp3) is 0.207. The maximum Gasteiger partial charge on any atom is 0.301 e. The first-order chi connectivity index (χ1) is 17.2. The molecule has 1 fully saturated rings. The van der Waals surface area contributed by atoms with Crippen LogP contribution in [-0.2, 0) is 9.59 Å². The van der Waals surface area contributed by atoms with Gasteiger partial charge in [-0.3, -0.25) is 14.5 Å². The lowest BCUT2D eigenvalue weighted by Gasteiger charge is -2.23. The van der Waals surface area contributed by atoms with Crippen molar-refractivity contribution in [3.63, 3.8) is 0 Å². The minimum Gasteiger partial charge on any atom is -0.507 e. The molecule has 1 amide bonds. The number of Topliss-reactive ketones (excluding diaryl/α,β-unsaturated/α-hetero) is 1. The van der Waals surface area contributed by atoms with Crippen LogP contribution in [0, 0.1) is 20.8 Å². The fourth-order valence-electron chi connectivity index (χ4n) is 4.63. The largest absolute Gasteiger partial charge is 0.507 e. The van der Waals surface area contributed by atoms with Gasteiger partial charge < -0.3 is 10.0 Å². The number of fused-ring (bicyclic) bond motifs is 1. The number of rotatable bonds is 4. The predicted octanol–water partition coefficient (Wildman–Crippen LogP) is 5.91. The van der Waals surface area contributed by atoms with Gasteiger partial charge in [-0.1, -0.05) is 59.4 Å². The number of aryl methyl sites for hydroxylation is 3. The summed E-state index contributed by atoms with van der Waals surface area (Å²) in [5, 5.41) is 11.7. The number of aliphatic hydroxyl groups is 1. The zero-order chi connectivity index (χ0) is 25.7. The van der Waals surface area contributed by atoms with Crippen LogP contribution in [0.2, 0.25) is 0 Å². The molecule has 1 aliphatic heterocycles. The topological polar surface area (TPSA) is 73.7 Å². The lowest BCUT2D eigenvalue weighted by atomic mass is 9.95. The molecule has 5 rings (SSSR count). The van der Waals surface area contributed by atoms with E-state index in [-0.39, 0.29) is 11.3 Å². The van der Waals surface area contributed by atoms with E-state index in [0.717, 1.165) is 38.2 Å². The van der Waals surface area contributed by atoms with E-state index in [4.69, 9.17) is 4.98 Å². The van der Waals surface area contributed by atoms with Crippen molar-refractivity contribution in [2.45, 2.75) is 26.8 Å². The normalized spacial score (nSPS) is 17.2. The third-order valence-electron chi connectivity index (χ3n) is 6.52. The smallest absolute Gasteiger partial charge is 0.301 e. The van der Waals surface area contributed by atoms with Gasteiger partial charge in [-0.2, -0.15) is 0 Å². The number of aliphatic hydroxyl groups excluding tert-OH is 1. The molecule has 1 saturated heterocycles. The highest BCUT2D eigenvalue weighted by Crippen LogP contribution is 2.45. The number of thiazole rings is 1. The van der Waals surface area contributed by atoms with E-state index in [9.17, 15) is 14.7 Å². The van der Waals surface area contributed by atoms with E-state index in [2.05, 4.69) is 6.07 Å². The molecule has 2 heterocycles. The van der Waals surface area contributed by atoms with Gasteiger partial charge >= 0.3 is 5.91 Å². The summed E-state index contributed by atoms with van der Waals surface area (Å²) in [6, 6.07) is 18.2. The number of ketones is 1. The Labute approximate surface area is 214 Å². The Hall–Kier alpha value is -3.97. The van der Waals surface area contributed by atoms with Gasteiger partial charge in [0.2, 0.25) is 0 Å². The number of anilines is 2. The highest BCUT2D eigenvalue weighted by molar-refractivity contribution is 7.22. The first-order valence-electron chi connectivity index (χ1n) is 11.7. The van der Waals surface area contributed by atoms with Gasteiger partial charge in [-0.15, -0.1) is 0 Å². The van der Waals surface area contributed by atoms with Crippen LogP contribution in [0.15, 0.2) is 66.2 Å². The Morgan fingerprint density at radius 3 is 2.25 bits per heavy atom. The summed E-state index contributed by atoms with van der Waals surface area (Å²) in [5.41, 5.74) is 6.22. The quantitative estimate of drug-likeness (QED) is 0.215. The summed E-state index contributed by atoms with van der Waals surface area (Å²) >= 11 is 1.38. The number of hydrogen-bond acceptors (Lipinski definition) is 6. The molecule has 1 unspecified atom stereocenters. The summed E-state index contributed by atoms with van der Waals surface area (Å²) in [6.45, 7) is 5.96. The van der Waals surface area contributed by atoms with Crippen molar-refractivity contribution in [3.8, 4) is 0 Å². The summed E-state index contributed by atoms with van der Waals surface area (Å²) < 4.78 is 0.949. The van der Waals surface area contributed by atoms with Crippen LogP contribution in [0.5, 0.6) is 0 Å². The van der Waals surface area contributed by atoms with Gasteiger partial charge in [0.15, 0.2) is 5.13 Å². The summed E-state index contributed by atoms with van der Waals surface area (Å²) in [7, 11) is 3.90. The van der Waals surface area contributed by atoms with Crippen LogP contribution >= 0.6 is 11.3 Å². The minimum absolute atomic E-state index is 0.0635. The Bertz CT molecular complexity index is 1530. The van der Waals surface area contributed by atoms with E-state index in [1.807, 2.05) is 82.2 Å². The molecule has 0 radical (unpaired) electrons. The zero-order valence-corrected chi connectivity index (χ0v) is 21.7. The molecule has 0 saturated carbocycles.